The van der Waals surface area contributed by atoms with Crippen LogP contribution in [0.2, 0.25) is 0 Å². The highest BCUT2D eigenvalue weighted by atomic mass is 19.2. The minimum atomic E-state index is -1.39. The normalized spacial score (nSPS) is 28.6. The molecule has 5 heteroatoms. The number of hydrogen-bond donors (Lipinski definition) is 0. The molecule has 0 amide bonds. The first-order valence-electron chi connectivity index (χ1n) is 11.9. The van der Waals surface area contributed by atoms with Crippen LogP contribution in [0.3, 0.4) is 0 Å². The van der Waals surface area contributed by atoms with Crippen LogP contribution < -0.4 is 0 Å². The Labute approximate surface area is 189 Å². The zero-order valence-electron chi connectivity index (χ0n) is 19.0. The molecule has 4 rings (SSSR count). The van der Waals surface area contributed by atoms with Gasteiger partial charge in [0.2, 0.25) is 0 Å². The summed E-state index contributed by atoms with van der Waals surface area (Å²) in [5, 5.41) is 0. The van der Waals surface area contributed by atoms with Gasteiger partial charge in [-0.15, -0.1) is 0 Å². The first-order chi connectivity index (χ1) is 15.4. The lowest BCUT2D eigenvalue weighted by molar-refractivity contribution is -0.238. The van der Waals surface area contributed by atoms with Crippen LogP contribution in [-0.4, -0.2) is 18.9 Å². The van der Waals surface area contributed by atoms with Crippen molar-refractivity contribution in [3.63, 3.8) is 0 Å². The van der Waals surface area contributed by atoms with E-state index < -0.39 is 23.6 Å². The van der Waals surface area contributed by atoms with Crippen molar-refractivity contribution in [2.45, 2.75) is 82.6 Å². The van der Waals surface area contributed by atoms with Crippen LogP contribution in [0.15, 0.2) is 36.4 Å². The Morgan fingerprint density at radius 3 is 2.00 bits per heavy atom. The fourth-order valence-electron chi connectivity index (χ4n) is 5.18. The molecule has 0 bridgehead atoms. The molecule has 2 nitrogen and oxygen atoms in total. The Bertz CT molecular complexity index is 896. The summed E-state index contributed by atoms with van der Waals surface area (Å²) in [6, 6.07) is 11.7. The van der Waals surface area contributed by atoms with Gasteiger partial charge < -0.3 is 9.47 Å². The summed E-state index contributed by atoms with van der Waals surface area (Å²) in [6.45, 7) is 3.92. The summed E-state index contributed by atoms with van der Waals surface area (Å²) in [4.78, 5) is 0. The summed E-state index contributed by atoms with van der Waals surface area (Å²) in [7, 11) is 0. The fourth-order valence-corrected chi connectivity index (χ4v) is 5.18. The van der Waals surface area contributed by atoms with Crippen molar-refractivity contribution in [3.05, 3.63) is 70.3 Å². The molecule has 1 aliphatic heterocycles. The molecule has 0 atom stereocenters. The second-order valence-corrected chi connectivity index (χ2v) is 9.37. The summed E-state index contributed by atoms with van der Waals surface area (Å²) >= 11 is 0. The highest BCUT2D eigenvalue weighted by Gasteiger charge is 2.36. The number of ether oxygens (including phenoxy) is 2. The minimum absolute atomic E-state index is 0.0632. The second-order valence-electron chi connectivity index (χ2n) is 9.37. The molecule has 0 unspecified atom stereocenters. The van der Waals surface area contributed by atoms with Crippen LogP contribution in [0.25, 0.3) is 0 Å². The Morgan fingerprint density at radius 1 is 0.812 bits per heavy atom. The van der Waals surface area contributed by atoms with Crippen LogP contribution in [-0.2, 0) is 15.9 Å². The number of hydrogen-bond acceptors (Lipinski definition) is 2. The summed E-state index contributed by atoms with van der Waals surface area (Å²) in [5.41, 5.74) is 1.71. The third kappa shape index (κ3) is 4.89. The number of halogens is 3. The van der Waals surface area contributed by atoms with Crippen LogP contribution >= 0.6 is 0 Å². The van der Waals surface area contributed by atoms with Crippen molar-refractivity contribution in [1.82, 2.24) is 0 Å². The molecule has 1 saturated carbocycles. The van der Waals surface area contributed by atoms with Gasteiger partial charge in [0.1, 0.15) is 0 Å². The van der Waals surface area contributed by atoms with Gasteiger partial charge in [-0.2, -0.15) is 0 Å². The predicted molar refractivity (Wildman–Crippen MR) is 120 cm³/mol. The van der Waals surface area contributed by atoms with Crippen molar-refractivity contribution < 1.29 is 22.6 Å². The Balaban J connectivity index is 1.34. The standard InChI is InChI=1S/C27H33F3O2/c1-3-15-27(30)16-31-26(32-17-27)22-11-7-20(8-12-22)19-5-9-21(10-6-19)23-14-13-18(4-2)24(28)25(23)29/h7-8,11-14,19,21,26H,3-6,9-10,15-17H2,1-2H3. The van der Waals surface area contributed by atoms with E-state index in [4.69, 9.17) is 9.47 Å². The van der Waals surface area contributed by atoms with Crippen LogP contribution in [0, 0.1) is 11.6 Å². The van der Waals surface area contributed by atoms with Crippen molar-refractivity contribution >= 4 is 0 Å². The minimum Gasteiger partial charge on any atom is -0.345 e. The molecule has 0 N–H and O–H groups in total. The first kappa shape index (κ1) is 23.3. The summed E-state index contributed by atoms with van der Waals surface area (Å²) < 4.78 is 54.6. The zero-order valence-corrected chi connectivity index (χ0v) is 19.0. The van der Waals surface area contributed by atoms with Crippen molar-refractivity contribution in [1.29, 1.82) is 0 Å². The molecule has 2 aromatic carbocycles. The maximum absolute atomic E-state index is 14.5. The van der Waals surface area contributed by atoms with Gasteiger partial charge in [0, 0.05) is 5.56 Å². The summed E-state index contributed by atoms with van der Waals surface area (Å²) in [5.74, 6) is -0.881. The predicted octanol–water partition coefficient (Wildman–Crippen LogP) is 7.52. The number of rotatable bonds is 6. The lowest BCUT2D eigenvalue weighted by Gasteiger charge is -2.34. The monoisotopic (exact) mass is 446 g/mol. The largest absolute Gasteiger partial charge is 0.345 e. The highest BCUT2D eigenvalue weighted by molar-refractivity contribution is 5.31. The number of alkyl halides is 1. The van der Waals surface area contributed by atoms with Gasteiger partial charge in [-0.1, -0.05) is 56.7 Å². The first-order valence-corrected chi connectivity index (χ1v) is 11.9. The van der Waals surface area contributed by atoms with E-state index in [1.807, 2.05) is 26.0 Å². The molecule has 0 radical (unpaired) electrons. The van der Waals surface area contributed by atoms with Gasteiger partial charge in [0.15, 0.2) is 23.6 Å². The average molecular weight is 447 g/mol. The molecule has 0 spiro atoms. The van der Waals surface area contributed by atoms with Crippen LogP contribution in [0.5, 0.6) is 0 Å². The van der Waals surface area contributed by atoms with Crippen molar-refractivity contribution in [3.8, 4) is 0 Å². The van der Waals surface area contributed by atoms with E-state index in [-0.39, 0.29) is 19.1 Å². The highest BCUT2D eigenvalue weighted by Crippen LogP contribution is 2.42. The molecular formula is C27H33F3O2. The van der Waals surface area contributed by atoms with Crippen LogP contribution in [0.4, 0.5) is 13.2 Å². The molecule has 2 fully saturated rings. The third-order valence-electron chi connectivity index (χ3n) is 7.10. The lowest BCUT2D eigenvalue weighted by atomic mass is 9.76. The van der Waals surface area contributed by atoms with E-state index in [2.05, 4.69) is 12.1 Å². The van der Waals surface area contributed by atoms with Crippen LogP contribution in [0.1, 0.15) is 92.8 Å². The molecule has 1 saturated heterocycles. The SMILES string of the molecule is CCCC1(F)COC(c2ccc(C3CCC(c4ccc(CC)c(F)c4F)CC3)cc2)OC1. The van der Waals surface area contributed by atoms with Crippen molar-refractivity contribution in [2.24, 2.45) is 0 Å². The third-order valence-corrected chi connectivity index (χ3v) is 7.10. The molecule has 174 valence electrons. The van der Waals surface area contributed by atoms with E-state index in [0.29, 0.717) is 29.9 Å². The topological polar surface area (TPSA) is 18.5 Å². The lowest BCUT2D eigenvalue weighted by Crippen LogP contribution is -2.41. The smallest absolute Gasteiger partial charge is 0.184 e. The average Bonchev–Trinajstić information content (AvgIpc) is 2.82. The number of benzene rings is 2. The number of aryl methyl sites for hydroxylation is 1. The molecule has 2 aliphatic rings. The quantitative estimate of drug-likeness (QED) is 0.457. The summed E-state index contributed by atoms with van der Waals surface area (Å²) in [6.07, 6.45) is 4.76. The Hall–Kier alpha value is -1.85. The molecule has 0 aromatic heterocycles. The second kappa shape index (κ2) is 9.96. The fraction of sp³-hybridized carbons (Fsp3) is 0.556. The Kier molecular flexibility index (Phi) is 7.26. The molecule has 1 aliphatic carbocycles. The van der Waals surface area contributed by atoms with E-state index in [1.54, 1.807) is 12.1 Å². The van der Waals surface area contributed by atoms with Crippen molar-refractivity contribution in [2.75, 3.05) is 13.2 Å². The Morgan fingerprint density at radius 2 is 1.41 bits per heavy atom. The van der Waals surface area contributed by atoms with E-state index in [0.717, 1.165) is 37.7 Å². The van der Waals surface area contributed by atoms with Gasteiger partial charge in [0.05, 0.1) is 13.2 Å². The molecule has 2 aromatic rings. The maximum Gasteiger partial charge on any atom is 0.184 e. The van der Waals surface area contributed by atoms with Gasteiger partial charge in [0.25, 0.3) is 0 Å². The van der Waals surface area contributed by atoms with E-state index >= 15 is 0 Å². The molecule has 32 heavy (non-hydrogen) atoms. The van der Waals surface area contributed by atoms with E-state index in [9.17, 15) is 13.2 Å². The van der Waals surface area contributed by atoms with Gasteiger partial charge in [-0.3, -0.25) is 0 Å². The zero-order chi connectivity index (χ0) is 22.7. The molecular weight excluding hydrogens is 413 g/mol. The van der Waals surface area contributed by atoms with Gasteiger partial charge in [-0.25, -0.2) is 13.2 Å². The van der Waals surface area contributed by atoms with Gasteiger partial charge in [-0.05, 0) is 67.1 Å². The maximum atomic E-state index is 14.5. The van der Waals surface area contributed by atoms with Gasteiger partial charge >= 0.3 is 0 Å². The van der Waals surface area contributed by atoms with E-state index in [1.165, 1.54) is 5.56 Å². The molecule has 1 heterocycles.